The number of aromatic amines is 1. The van der Waals surface area contributed by atoms with Gasteiger partial charge in [0.15, 0.2) is 3.95 Å². The maximum absolute atomic E-state index is 6.10. The van der Waals surface area contributed by atoms with Gasteiger partial charge in [-0.3, -0.25) is 0 Å². The lowest BCUT2D eigenvalue weighted by Gasteiger charge is -2.32. The minimum atomic E-state index is -0.338. The van der Waals surface area contributed by atoms with Crippen LogP contribution in [-0.2, 0) is 9.31 Å². The van der Waals surface area contributed by atoms with E-state index in [0.717, 1.165) is 19.6 Å². The van der Waals surface area contributed by atoms with E-state index in [1.165, 1.54) is 0 Å². The SMILES string of the molecule is CC1(C)OB(c2cccc3[nH]c(=S)sc23)OC1(C)C. The number of benzene rings is 1. The molecule has 0 unspecified atom stereocenters. The van der Waals surface area contributed by atoms with E-state index in [-0.39, 0.29) is 18.3 Å². The van der Waals surface area contributed by atoms with Crippen LogP contribution in [0.5, 0.6) is 0 Å². The van der Waals surface area contributed by atoms with Gasteiger partial charge in [0.05, 0.1) is 21.4 Å². The van der Waals surface area contributed by atoms with Crippen molar-refractivity contribution < 1.29 is 9.31 Å². The molecule has 1 aromatic heterocycles. The molecule has 19 heavy (non-hydrogen) atoms. The van der Waals surface area contributed by atoms with Crippen molar-refractivity contribution in [3.05, 3.63) is 22.2 Å². The topological polar surface area (TPSA) is 34.2 Å². The Morgan fingerprint density at radius 2 is 1.79 bits per heavy atom. The Kier molecular flexibility index (Phi) is 2.91. The minimum Gasteiger partial charge on any atom is -0.399 e. The van der Waals surface area contributed by atoms with Gasteiger partial charge in [-0.25, -0.2) is 0 Å². The van der Waals surface area contributed by atoms with Crippen molar-refractivity contribution in [2.45, 2.75) is 38.9 Å². The number of hydrogen-bond donors (Lipinski definition) is 1. The molecule has 100 valence electrons. The normalized spacial score (nSPS) is 21.2. The van der Waals surface area contributed by atoms with Crippen molar-refractivity contribution in [3.63, 3.8) is 0 Å². The molecule has 0 aliphatic carbocycles. The maximum atomic E-state index is 6.10. The van der Waals surface area contributed by atoms with Crippen molar-refractivity contribution in [2.24, 2.45) is 0 Å². The van der Waals surface area contributed by atoms with Crippen molar-refractivity contribution in [3.8, 4) is 0 Å². The summed E-state index contributed by atoms with van der Waals surface area (Å²) in [6, 6.07) is 6.07. The van der Waals surface area contributed by atoms with E-state index in [1.807, 2.05) is 18.2 Å². The summed E-state index contributed by atoms with van der Waals surface area (Å²) in [7, 11) is -0.338. The van der Waals surface area contributed by atoms with E-state index in [1.54, 1.807) is 11.3 Å². The summed E-state index contributed by atoms with van der Waals surface area (Å²) < 4.78 is 14.1. The molecule has 1 fully saturated rings. The molecule has 0 amide bonds. The summed E-state index contributed by atoms with van der Waals surface area (Å²) in [5.41, 5.74) is 1.45. The Labute approximate surface area is 122 Å². The van der Waals surface area contributed by atoms with Crippen LogP contribution >= 0.6 is 23.6 Å². The van der Waals surface area contributed by atoms with E-state index in [4.69, 9.17) is 21.5 Å². The molecule has 1 saturated heterocycles. The predicted octanol–water partition coefficient (Wildman–Crippen LogP) is 3.26. The molecule has 1 aliphatic heterocycles. The molecule has 1 aromatic carbocycles. The second-order valence-electron chi connectivity index (χ2n) is 5.83. The molecule has 0 saturated carbocycles. The molecule has 2 aromatic rings. The second kappa shape index (κ2) is 4.15. The zero-order valence-electron chi connectivity index (χ0n) is 11.4. The maximum Gasteiger partial charge on any atom is 0.496 e. The van der Waals surface area contributed by atoms with E-state index < -0.39 is 0 Å². The Hall–Kier alpha value is -0.685. The third-order valence-electron chi connectivity index (χ3n) is 3.98. The largest absolute Gasteiger partial charge is 0.496 e. The van der Waals surface area contributed by atoms with E-state index >= 15 is 0 Å². The van der Waals surface area contributed by atoms with Gasteiger partial charge in [-0.05, 0) is 46.0 Å². The highest BCUT2D eigenvalue weighted by Crippen LogP contribution is 2.37. The highest BCUT2D eigenvalue weighted by atomic mass is 32.1. The van der Waals surface area contributed by atoms with Gasteiger partial charge < -0.3 is 14.3 Å². The molecule has 3 rings (SSSR count). The number of nitrogens with one attached hydrogen (secondary N) is 1. The van der Waals surface area contributed by atoms with Gasteiger partial charge in [0.2, 0.25) is 0 Å². The van der Waals surface area contributed by atoms with Crippen LogP contribution in [0, 0.1) is 3.95 Å². The standard InChI is InChI=1S/C13H16BNO2S2/c1-12(2)13(3,4)17-14(16-12)8-6-5-7-9-10(8)19-11(18)15-9/h5-7H,1-4H3,(H,15,18). The Balaban J connectivity index is 2.09. The van der Waals surface area contributed by atoms with Crippen LogP contribution in [0.25, 0.3) is 10.2 Å². The summed E-state index contributed by atoms with van der Waals surface area (Å²) in [4.78, 5) is 3.19. The van der Waals surface area contributed by atoms with Gasteiger partial charge in [0, 0.05) is 5.46 Å². The highest BCUT2D eigenvalue weighted by Gasteiger charge is 2.52. The first kappa shape index (κ1) is 13.3. The fraction of sp³-hybridized carbons (Fsp3) is 0.462. The molecule has 1 aliphatic rings. The Morgan fingerprint density at radius 1 is 1.16 bits per heavy atom. The van der Waals surface area contributed by atoms with E-state index in [9.17, 15) is 0 Å². The molecule has 0 spiro atoms. The summed E-state index contributed by atoms with van der Waals surface area (Å²) in [5, 5.41) is 0. The van der Waals surface area contributed by atoms with E-state index in [0.29, 0.717) is 0 Å². The van der Waals surface area contributed by atoms with Crippen molar-refractivity contribution >= 4 is 46.4 Å². The number of aromatic nitrogens is 1. The molecule has 2 heterocycles. The number of hydrogen-bond acceptors (Lipinski definition) is 4. The highest BCUT2D eigenvalue weighted by molar-refractivity contribution is 7.73. The average molecular weight is 293 g/mol. The molecular weight excluding hydrogens is 277 g/mol. The average Bonchev–Trinajstić information content (AvgIpc) is 2.75. The third kappa shape index (κ3) is 2.07. The molecular formula is C13H16BNO2S2. The first-order valence-corrected chi connectivity index (χ1v) is 7.50. The van der Waals surface area contributed by atoms with Crippen LogP contribution in [0.4, 0.5) is 0 Å². The third-order valence-corrected chi connectivity index (χ3v) is 5.28. The lowest BCUT2D eigenvalue weighted by atomic mass is 9.79. The molecule has 0 bridgehead atoms. The smallest absolute Gasteiger partial charge is 0.399 e. The second-order valence-corrected chi connectivity index (χ2v) is 7.51. The van der Waals surface area contributed by atoms with Crippen LogP contribution < -0.4 is 5.46 Å². The number of H-pyrrole nitrogens is 1. The van der Waals surface area contributed by atoms with E-state index in [2.05, 4.69) is 32.7 Å². The monoisotopic (exact) mass is 293 g/mol. The van der Waals surface area contributed by atoms with Crippen LogP contribution in [0.1, 0.15) is 27.7 Å². The minimum absolute atomic E-state index is 0.322. The van der Waals surface area contributed by atoms with Crippen molar-refractivity contribution in [1.82, 2.24) is 4.98 Å². The number of fused-ring (bicyclic) bond motifs is 1. The molecule has 6 heteroatoms. The lowest BCUT2D eigenvalue weighted by molar-refractivity contribution is 0.00578. The first-order chi connectivity index (χ1) is 8.80. The first-order valence-electron chi connectivity index (χ1n) is 6.27. The molecule has 0 atom stereocenters. The van der Waals surface area contributed by atoms with Crippen LogP contribution in [0.2, 0.25) is 0 Å². The Morgan fingerprint density at radius 3 is 2.42 bits per heavy atom. The summed E-state index contributed by atoms with van der Waals surface area (Å²) in [6.07, 6.45) is 0. The van der Waals surface area contributed by atoms with Gasteiger partial charge in [-0.2, -0.15) is 0 Å². The van der Waals surface area contributed by atoms with Gasteiger partial charge in [-0.1, -0.05) is 12.1 Å². The quantitative estimate of drug-likeness (QED) is 0.647. The summed E-state index contributed by atoms with van der Waals surface area (Å²) in [5.74, 6) is 0. The van der Waals surface area contributed by atoms with Gasteiger partial charge >= 0.3 is 7.12 Å². The molecule has 0 radical (unpaired) electrons. The van der Waals surface area contributed by atoms with Gasteiger partial charge in [0.25, 0.3) is 0 Å². The summed E-state index contributed by atoms with van der Waals surface area (Å²) >= 11 is 6.78. The fourth-order valence-electron chi connectivity index (χ4n) is 2.15. The van der Waals surface area contributed by atoms with Gasteiger partial charge in [0.1, 0.15) is 0 Å². The number of thiazole rings is 1. The van der Waals surface area contributed by atoms with Crippen molar-refractivity contribution in [1.29, 1.82) is 0 Å². The fourth-order valence-corrected chi connectivity index (χ4v) is 3.37. The van der Waals surface area contributed by atoms with Crippen LogP contribution in [-0.4, -0.2) is 23.3 Å². The zero-order valence-corrected chi connectivity index (χ0v) is 13.1. The zero-order chi connectivity index (χ0) is 13.8. The van der Waals surface area contributed by atoms with Gasteiger partial charge in [-0.15, -0.1) is 11.3 Å². The Bertz CT molecular complexity index is 673. The number of rotatable bonds is 1. The van der Waals surface area contributed by atoms with Crippen LogP contribution in [0.3, 0.4) is 0 Å². The lowest BCUT2D eigenvalue weighted by Crippen LogP contribution is -2.41. The summed E-state index contributed by atoms with van der Waals surface area (Å²) in [6.45, 7) is 8.25. The molecule has 1 N–H and O–H groups in total. The predicted molar refractivity (Wildman–Crippen MR) is 82.7 cm³/mol. The van der Waals surface area contributed by atoms with Crippen LogP contribution in [0.15, 0.2) is 18.2 Å². The molecule has 3 nitrogen and oxygen atoms in total. The van der Waals surface area contributed by atoms with Crippen molar-refractivity contribution in [2.75, 3.05) is 0 Å².